The van der Waals surface area contributed by atoms with Crippen LogP contribution >= 0.6 is 0 Å². The van der Waals surface area contributed by atoms with E-state index in [1.165, 1.54) is 12.1 Å². The molecule has 0 aliphatic rings. The Labute approximate surface area is 176 Å². The maximum atomic E-state index is 13.7. The van der Waals surface area contributed by atoms with Gasteiger partial charge in [0.1, 0.15) is 5.82 Å². The number of hydrogen-bond donors (Lipinski definition) is 0. The second kappa shape index (κ2) is 8.50. The predicted octanol–water partition coefficient (Wildman–Crippen LogP) is 6.95. The van der Waals surface area contributed by atoms with E-state index in [0.717, 1.165) is 39.9 Å². The van der Waals surface area contributed by atoms with Crippen LogP contribution in [0.4, 0.5) is 4.39 Å². The summed E-state index contributed by atoms with van der Waals surface area (Å²) in [7, 11) is 0. The Morgan fingerprint density at radius 1 is 0.833 bits per heavy atom. The van der Waals surface area contributed by atoms with Gasteiger partial charge >= 0.3 is 0 Å². The number of aromatic nitrogens is 1. The number of hydrogen-bond acceptors (Lipinski definition) is 1. The van der Waals surface area contributed by atoms with Crippen molar-refractivity contribution in [2.45, 2.75) is 26.3 Å². The van der Waals surface area contributed by atoms with Crippen molar-refractivity contribution < 1.29 is 9.18 Å². The summed E-state index contributed by atoms with van der Waals surface area (Å²) in [5.41, 5.74) is 6.55. The molecule has 0 spiro atoms. The fourth-order valence-electron chi connectivity index (χ4n) is 4.13. The molecule has 0 saturated carbocycles. The van der Waals surface area contributed by atoms with Crippen molar-refractivity contribution in [3.63, 3.8) is 0 Å². The highest BCUT2D eigenvalue weighted by Crippen LogP contribution is 2.41. The van der Waals surface area contributed by atoms with Crippen LogP contribution < -0.4 is 0 Å². The molecule has 0 atom stereocenters. The molecular formula is C27H24FNO. The average molecular weight is 397 g/mol. The highest BCUT2D eigenvalue weighted by atomic mass is 19.1. The molecule has 3 aromatic carbocycles. The third-order valence-corrected chi connectivity index (χ3v) is 5.37. The molecule has 3 heteroatoms. The van der Waals surface area contributed by atoms with Gasteiger partial charge in [-0.1, -0.05) is 74.5 Å². The molecule has 0 aliphatic carbocycles. The minimum Gasteiger partial charge on any atom is -0.339 e. The van der Waals surface area contributed by atoms with E-state index in [0.29, 0.717) is 12.1 Å². The topological polar surface area (TPSA) is 22.0 Å². The van der Waals surface area contributed by atoms with Crippen LogP contribution in [0, 0.1) is 5.82 Å². The van der Waals surface area contributed by atoms with Gasteiger partial charge in [0.25, 0.3) is 0 Å². The zero-order chi connectivity index (χ0) is 21.1. The number of halogens is 1. The van der Waals surface area contributed by atoms with Gasteiger partial charge < -0.3 is 4.57 Å². The van der Waals surface area contributed by atoms with E-state index in [2.05, 4.69) is 30.5 Å². The van der Waals surface area contributed by atoms with E-state index in [4.69, 9.17) is 0 Å². The van der Waals surface area contributed by atoms with Gasteiger partial charge in [-0.25, -0.2) is 4.39 Å². The Hall–Kier alpha value is -3.46. The van der Waals surface area contributed by atoms with Crippen molar-refractivity contribution in [2.24, 2.45) is 0 Å². The summed E-state index contributed by atoms with van der Waals surface area (Å²) in [4.78, 5) is 12.4. The lowest BCUT2D eigenvalue weighted by Crippen LogP contribution is -2.08. The third-order valence-electron chi connectivity index (χ3n) is 5.37. The lowest BCUT2D eigenvalue weighted by molar-refractivity contribution is 0.112. The van der Waals surface area contributed by atoms with Gasteiger partial charge in [0.05, 0.1) is 5.69 Å². The quantitative estimate of drug-likeness (QED) is 0.323. The van der Waals surface area contributed by atoms with Gasteiger partial charge in [0, 0.05) is 23.4 Å². The lowest BCUT2D eigenvalue weighted by Gasteiger charge is -2.17. The molecule has 2 nitrogen and oxygen atoms in total. The molecule has 0 aliphatic heterocycles. The van der Waals surface area contributed by atoms with Crippen LogP contribution in [0.3, 0.4) is 0 Å². The van der Waals surface area contributed by atoms with Crippen molar-refractivity contribution in [3.05, 3.63) is 108 Å². The summed E-state index contributed by atoms with van der Waals surface area (Å²) in [6.45, 7) is 4.84. The maximum absolute atomic E-state index is 13.7. The Kier molecular flexibility index (Phi) is 5.62. The standard InChI is InChI=1S/C27H24FNO/c1-19(2)26-24(18-30)25(21-11-7-4-8-12-21)27(22-13-15-23(28)16-14-22)29(26)17-20-9-5-3-6-10-20/h3-16,18-19H,17H2,1-2H3. The third kappa shape index (κ3) is 3.71. The van der Waals surface area contributed by atoms with E-state index in [9.17, 15) is 9.18 Å². The molecule has 0 bridgehead atoms. The van der Waals surface area contributed by atoms with Crippen LogP contribution in [0.2, 0.25) is 0 Å². The van der Waals surface area contributed by atoms with E-state index in [1.54, 1.807) is 12.1 Å². The number of carbonyl (C=O) groups excluding carboxylic acids is 1. The van der Waals surface area contributed by atoms with Gasteiger partial charge in [0.2, 0.25) is 0 Å². The van der Waals surface area contributed by atoms with Crippen LogP contribution in [-0.4, -0.2) is 10.9 Å². The second-order valence-corrected chi connectivity index (χ2v) is 7.74. The Morgan fingerprint density at radius 3 is 2.00 bits per heavy atom. The minimum absolute atomic E-state index is 0.144. The summed E-state index contributed by atoms with van der Waals surface area (Å²) >= 11 is 0. The molecule has 150 valence electrons. The van der Waals surface area contributed by atoms with Gasteiger partial charge in [0.15, 0.2) is 6.29 Å². The molecular weight excluding hydrogens is 373 g/mol. The highest BCUT2D eigenvalue weighted by Gasteiger charge is 2.26. The summed E-state index contributed by atoms with van der Waals surface area (Å²) in [6, 6.07) is 26.7. The Bertz CT molecular complexity index is 1140. The lowest BCUT2D eigenvalue weighted by atomic mass is 9.96. The molecule has 30 heavy (non-hydrogen) atoms. The molecule has 4 aromatic rings. The van der Waals surface area contributed by atoms with Gasteiger partial charge in [-0.05, 0) is 46.9 Å². The molecule has 1 heterocycles. The van der Waals surface area contributed by atoms with E-state index >= 15 is 0 Å². The smallest absolute Gasteiger partial charge is 0.152 e. The van der Waals surface area contributed by atoms with E-state index in [1.807, 2.05) is 48.5 Å². The minimum atomic E-state index is -0.277. The van der Waals surface area contributed by atoms with Crippen LogP contribution in [0.1, 0.15) is 41.4 Å². The number of rotatable bonds is 6. The maximum Gasteiger partial charge on any atom is 0.152 e. The monoisotopic (exact) mass is 397 g/mol. The first-order valence-electron chi connectivity index (χ1n) is 10.2. The van der Waals surface area contributed by atoms with Crippen molar-refractivity contribution in [3.8, 4) is 22.4 Å². The normalized spacial score (nSPS) is 11.1. The zero-order valence-corrected chi connectivity index (χ0v) is 17.2. The molecule has 0 fully saturated rings. The molecule has 0 radical (unpaired) electrons. The van der Waals surface area contributed by atoms with Gasteiger partial charge in [-0.2, -0.15) is 0 Å². The van der Waals surface area contributed by atoms with Crippen molar-refractivity contribution in [1.82, 2.24) is 4.57 Å². The Balaban J connectivity index is 2.07. The van der Waals surface area contributed by atoms with E-state index < -0.39 is 0 Å². The fraction of sp³-hybridized carbons (Fsp3) is 0.148. The summed E-state index contributed by atoms with van der Waals surface area (Å²) in [5.74, 6) is -0.133. The largest absolute Gasteiger partial charge is 0.339 e. The van der Waals surface area contributed by atoms with Gasteiger partial charge in [-0.15, -0.1) is 0 Å². The van der Waals surface area contributed by atoms with Crippen molar-refractivity contribution in [2.75, 3.05) is 0 Å². The number of benzene rings is 3. The first-order valence-corrected chi connectivity index (χ1v) is 10.2. The average Bonchev–Trinajstić information content (AvgIpc) is 3.09. The summed E-state index contributed by atoms with van der Waals surface area (Å²) < 4.78 is 15.9. The second-order valence-electron chi connectivity index (χ2n) is 7.74. The van der Waals surface area contributed by atoms with E-state index in [-0.39, 0.29) is 11.7 Å². The number of carbonyl (C=O) groups is 1. The fourth-order valence-corrected chi connectivity index (χ4v) is 4.13. The van der Waals surface area contributed by atoms with Gasteiger partial charge in [-0.3, -0.25) is 4.79 Å². The predicted molar refractivity (Wildman–Crippen MR) is 120 cm³/mol. The van der Waals surface area contributed by atoms with Crippen molar-refractivity contribution in [1.29, 1.82) is 0 Å². The zero-order valence-electron chi connectivity index (χ0n) is 17.2. The van der Waals surface area contributed by atoms with Crippen molar-refractivity contribution >= 4 is 6.29 Å². The molecule has 0 amide bonds. The van der Waals surface area contributed by atoms with Crippen LogP contribution in [0.25, 0.3) is 22.4 Å². The highest BCUT2D eigenvalue weighted by molar-refractivity contribution is 5.97. The molecule has 0 N–H and O–H groups in total. The summed E-state index contributed by atoms with van der Waals surface area (Å²) in [5, 5.41) is 0. The summed E-state index contributed by atoms with van der Waals surface area (Å²) in [6.07, 6.45) is 0.964. The van der Waals surface area contributed by atoms with Crippen LogP contribution in [0.15, 0.2) is 84.9 Å². The molecule has 0 saturated heterocycles. The molecule has 1 aromatic heterocycles. The molecule has 0 unspecified atom stereocenters. The first kappa shape index (κ1) is 19.8. The van der Waals surface area contributed by atoms with Crippen LogP contribution in [-0.2, 0) is 6.54 Å². The Morgan fingerprint density at radius 2 is 1.43 bits per heavy atom. The SMILES string of the molecule is CC(C)c1c(C=O)c(-c2ccccc2)c(-c2ccc(F)cc2)n1Cc1ccccc1. The first-order chi connectivity index (χ1) is 14.6. The number of nitrogens with zero attached hydrogens (tertiary/aromatic N) is 1. The van der Waals surface area contributed by atoms with Crippen LogP contribution in [0.5, 0.6) is 0 Å². The number of aldehydes is 1. The molecule has 4 rings (SSSR count).